The Labute approximate surface area is 60.4 Å². The van der Waals surface area contributed by atoms with E-state index in [0.717, 1.165) is 0 Å². The molecule has 0 saturated heterocycles. The molecule has 0 spiro atoms. The molecule has 0 aliphatic rings. The third-order valence-electron chi connectivity index (χ3n) is 0.643. The maximum absolute atomic E-state index is 10.2. The molecule has 0 heterocycles. The van der Waals surface area contributed by atoms with E-state index in [2.05, 4.69) is 4.74 Å². The van der Waals surface area contributed by atoms with E-state index in [1.54, 1.807) is 6.92 Å². The second kappa shape index (κ2) is 7.72. The van der Waals surface area contributed by atoms with E-state index in [4.69, 9.17) is 5.11 Å². The summed E-state index contributed by atoms with van der Waals surface area (Å²) >= 11 is 0. The average Bonchev–Trinajstić information content (AvgIpc) is 1.83. The summed E-state index contributed by atoms with van der Waals surface area (Å²) in [6.45, 7) is 1.73. The zero-order chi connectivity index (χ0) is 6.41. The molecular weight excluding hydrogens is 144 g/mol. The van der Waals surface area contributed by atoms with Gasteiger partial charge in [-0.25, -0.2) is 0 Å². The van der Waals surface area contributed by atoms with Gasteiger partial charge in [-0.05, 0) is 0 Å². The Morgan fingerprint density at radius 3 is 2.56 bits per heavy atom. The lowest BCUT2D eigenvalue weighted by Crippen LogP contribution is -2.06. The van der Waals surface area contributed by atoms with E-state index in [1.165, 1.54) is 0 Å². The summed E-state index contributed by atoms with van der Waals surface area (Å²) in [5, 5.41) is 8.13. The number of rotatable bonds is 3. The molecule has 0 aromatic heterocycles. The van der Waals surface area contributed by atoms with Crippen LogP contribution in [0.25, 0.3) is 0 Å². The molecule has 9 heavy (non-hydrogen) atoms. The minimum absolute atomic E-state index is 0. The van der Waals surface area contributed by atoms with Gasteiger partial charge in [0.05, 0.1) is 6.61 Å². The molecule has 0 aliphatic heterocycles. The van der Waals surface area contributed by atoms with Crippen LogP contribution in [0.2, 0.25) is 0 Å². The normalized spacial score (nSPS) is 7.78. The summed E-state index contributed by atoms with van der Waals surface area (Å²) in [6.07, 6.45) is 0.375. The number of aliphatic hydroxyl groups is 1. The van der Waals surface area contributed by atoms with Crippen molar-refractivity contribution in [2.75, 3.05) is 13.2 Å². The van der Waals surface area contributed by atoms with E-state index < -0.39 is 0 Å². The molecular formula is C5H11ClO3. The van der Waals surface area contributed by atoms with Crippen molar-refractivity contribution in [1.82, 2.24) is 0 Å². The van der Waals surface area contributed by atoms with Crippen LogP contribution in [0.1, 0.15) is 13.3 Å². The van der Waals surface area contributed by atoms with Gasteiger partial charge >= 0.3 is 5.97 Å². The summed E-state index contributed by atoms with van der Waals surface area (Å²) in [7, 11) is 0. The van der Waals surface area contributed by atoms with Gasteiger partial charge in [0.1, 0.15) is 6.61 Å². The molecule has 0 rings (SSSR count). The van der Waals surface area contributed by atoms with Gasteiger partial charge in [-0.3, -0.25) is 4.79 Å². The van der Waals surface area contributed by atoms with Crippen LogP contribution in [-0.2, 0) is 9.53 Å². The third-order valence-corrected chi connectivity index (χ3v) is 0.643. The number of aliphatic hydroxyl groups excluding tert-OH is 1. The summed E-state index contributed by atoms with van der Waals surface area (Å²) in [4.78, 5) is 10.2. The molecule has 0 fully saturated rings. The number of hydrogen-bond donors (Lipinski definition) is 1. The molecule has 0 aromatic rings. The Kier molecular flexibility index (Phi) is 9.87. The van der Waals surface area contributed by atoms with Gasteiger partial charge in [0, 0.05) is 6.42 Å². The lowest BCUT2D eigenvalue weighted by atomic mass is 10.5. The second-order valence-electron chi connectivity index (χ2n) is 1.30. The smallest absolute Gasteiger partial charge is 0.305 e. The zero-order valence-corrected chi connectivity index (χ0v) is 6.11. The molecule has 0 bridgehead atoms. The van der Waals surface area contributed by atoms with Gasteiger partial charge in [-0.1, -0.05) is 6.92 Å². The summed E-state index contributed by atoms with van der Waals surface area (Å²) in [5.74, 6) is -0.265. The van der Waals surface area contributed by atoms with Crippen LogP contribution >= 0.6 is 12.4 Å². The molecule has 4 heteroatoms. The van der Waals surface area contributed by atoms with Crippen molar-refractivity contribution < 1.29 is 14.6 Å². The van der Waals surface area contributed by atoms with Crippen LogP contribution in [0, 0.1) is 0 Å². The van der Waals surface area contributed by atoms with Crippen LogP contribution in [0.5, 0.6) is 0 Å². The fourth-order valence-corrected chi connectivity index (χ4v) is 0.262. The molecule has 0 radical (unpaired) electrons. The van der Waals surface area contributed by atoms with Crippen molar-refractivity contribution in [2.45, 2.75) is 13.3 Å². The van der Waals surface area contributed by atoms with Crippen molar-refractivity contribution in [1.29, 1.82) is 0 Å². The molecule has 56 valence electrons. The Morgan fingerprint density at radius 1 is 1.67 bits per heavy atom. The van der Waals surface area contributed by atoms with E-state index >= 15 is 0 Å². The fraction of sp³-hybridized carbons (Fsp3) is 0.800. The first-order valence-electron chi connectivity index (χ1n) is 2.57. The highest BCUT2D eigenvalue weighted by atomic mass is 35.5. The standard InChI is InChI=1S/C5H10O3.ClH/c1-2-5(7)8-4-3-6;/h6H,2-4H2,1H3;1H. The SMILES string of the molecule is CCC(=O)OCCO.Cl. The maximum Gasteiger partial charge on any atom is 0.305 e. The lowest BCUT2D eigenvalue weighted by Gasteiger charge is -1.96. The molecule has 0 atom stereocenters. The fourth-order valence-electron chi connectivity index (χ4n) is 0.262. The number of hydrogen-bond acceptors (Lipinski definition) is 3. The highest BCUT2D eigenvalue weighted by Gasteiger charge is 1.93. The van der Waals surface area contributed by atoms with Crippen LogP contribution in [0.4, 0.5) is 0 Å². The minimum atomic E-state index is -0.265. The summed E-state index contributed by atoms with van der Waals surface area (Å²) in [6, 6.07) is 0. The molecule has 0 saturated carbocycles. The number of ether oxygens (including phenoxy) is 1. The van der Waals surface area contributed by atoms with Crippen LogP contribution in [-0.4, -0.2) is 24.3 Å². The van der Waals surface area contributed by atoms with Crippen molar-refractivity contribution in [2.24, 2.45) is 0 Å². The average molecular weight is 155 g/mol. The monoisotopic (exact) mass is 154 g/mol. The molecule has 0 aromatic carbocycles. The van der Waals surface area contributed by atoms with Crippen LogP contribution in [0.15, 0.2) is 0 Å². The minimum Gasteiger partial charge on any atom is -0.463 e. The first-order valence-corrected chi connectivity index (χ1v) is 2.57. The Hall–Kier alpha value is -0.280. The highest BCUT2D eigenvalue weighted by Crippen LogP contribution is 1.81. The molecule has 3 nitrogen and oxygen atoms in total. The van der Waals surface area contributed by atoms with Crippen LogP contribution in [0.3, 0.4) is 0 Å². The van der Waals surface area contributed by atoms with Gasteiger partial charge in [-0.15, -0.1) is 12.4 Å². The van der Waals surface area contributed by atoms with Crippen molar-refractivity contribution in [3.63, 3.8) is 0 Å². The predicted molar refractivity (Wildman–Crippen MR) is 35.6 cm³/mol. The van der Waals surface area contributed by atoms with Gasteiger partial charge in [0.15, 0.2) is 0 Å². The van der Waals surface area contributed by atoms with Gasteiger partial charge in [0.2, 0.25) is 0 Å². The zero-order valence-electron chi connectivity index (χ0n) is 5.29. The topological polar surface area (TPSA) is 46.5 Å². The van der Waals surface area contributed by atoms with Crippen LogP contribution < -0.4 is 0 Å². The lowest BCUT2D eigenvalue weighted by molar-refractivity contribution is -0.144. The first kappa shape index (κ1) is 11.5. The molecule has 0 aliphatic carbocycles. The summed E-state index contributed by atoms with van der Waals surface area (Å²) in [5.41, 5.74) is 0. The Morgan fingerprint density at radius 2 is 2.22 bits per heavy atom. The van der Waals surface area contributed by atoms with Crippen molar-refractivity contribution in [3.05, 3.63) is 0 Å². The van der Waals surface area contributed by atoms with E-state index in [-0.39, 0.29) is 31.6 Å². The quantitative estimate of drug-likeness (QED) is 0.597. The number of esters is 1. The van der Waals surface area contributed by atoms with E-state index in [1.807, 2.05) is 0 Å². The van der Waals surface area contributed by atoms with Crippen molar-refractivity contribution >= 4 is 18.4 Å². The Balaban J connectivity index is 0. The van der Waals surface area contributed by atoms with Gasteiger partial charge in [-0.2, -0.15) is 0 Å². The van der Waals surface area contributed by atoms with E-state index in [9.17, 15) is 4.79 Å². The largest absolute Gasteiger partial charge is 0.463 e. The van der Waals surface area contributed by atoms with Gasteiger partial charge in [0.25, 0.3) is 0 Å². The Bertz CT molecular complexity index is 74.6. The number of carbonyl (C=O) groups excluding carboxylic acids is 1. The van der Waals surface area contributed by atoms with E-state index in [0.29, 0.717) is 6.42 Å². The predicted octanol–water partition coefficient (Wildman–Crippen LogP) is 0.354. The first-order chi connectivity index (χ1) is 3.81. The molecule has 0 amide bonds. The number of halogens is 1. The molecule has 0 unspecified atom stereocenters. The number of carbonyl (C=O) groups is 1. The third kappa shape index (κ3) is 7.72. The maximum atomic E-state index is 10.2. The highest BCUT2D eigenvalue weighted by molar-refractivity contribution is 5.85. The summed E-state index contributed by atoms with van der Waals surface area (Å²) < 4.78 is 4.45. The second-order valence-corrected chi connectivity index (χ2v) is 1.30. The van der Waals surface area contributed by atoms with Gasteiger partial charge < -0.3 is 9.84 Å². The molecule has 1 N–H and O–H groups in total. The van der Waals surface area contributed by atoms with Crippen molar-refractivity contribution in [3.8, 4) is 0 Å².